The van der Waals surface area contributed by atoms with Crippen molar-refractivity contribution < 1.29 is 4.74 Å². The van der Waals surface area contributed by atoms with E-state index in [9.17, 15) is 0 Å². The lowest BCUT2D eigenvalue weighted by atomic mass is 10.2. The molecule has 0 bridgehead atoms. The summed E-state index contributed by atoms with van der Waals surface area (Å²) in [4.78, 5) is 5.17. The van der Waals surface area contributed by atoms with Gasteiger partial charge in [-0.2, -0.15) is 0 Å². The Morgan fingerprint density at radius 3 is 2.75 bits per heavy atom. The van der Waals surface area contributed by atoms with Gasteiger partial charge in [-0.05, 0) is 6.42 Å². The second-order valence-electron chi connectivity index (χ2n) is 4.76. The molecule has 1 unspecified atom stereocenters. The molecule has 4 nitrogen and oxygen atoms in total. The van der Waals surface area contributed by atoms with Gasteiger partial charge in [0.25, 0.3) is 0 Å². The number of ether oxygens (including phenoxy) is 1. The van der Waals surface area contributed by atoms with Crippen LogP contribution in [0.25, 0.3) is 0 Å². The lowest BCUT2D eigenvalue weighted by molar-refractivity contribution is -0.0124. The van der Waals surface area contributed by atoms with Crippen molar-refractivity contribution in [1.82, 2.24) is 15.1 Å². The minimum absolute atomic E-state index is 0.650. The van der Waals surface area contributed by atoms with Crippen molar-refractivity contribution in [3.8, 4) is 0 Å². The van der Waals surface area contributed by atoms with Crippen LogP contribution in [0.1, 0.15) is 13.3 Å². The Morgan fingerprint density at radius 1 is 1.19 bits per heavy atom. The Hall–Kier alpha value is -0.160. The van der Waals surface area contributed by atoms with Crippen molar-refractivity contribution in [2.75, 3.05) is 59.0 Å². The van der Waals surface area contributed by atoms with Crippen LogP contribution in [0.4, 0.5) is 0 Å². The van der Waals surface area contributed by atoms with Crippen molar-refractivity contribution in [2.45, 2.75) is 19.4 Å². The summed E-state index contributed by atoms with van der Waals surface area (Å²) in [6, 6.07) is 0.650. The van der Waals surface area contributed by atoms with Crippen molar-refractivity contribution in [3.63, 3.8) is 0 Å². The van der Waals surface area contributed by atoms with Gasteiger partial charge in [0.1, 0.15) is 0 Å². The average molecular weight is 227 g/mol. The number of hydrogen-bond donors (Lipinski definition) is 1. The van der Waals surface area contributed by atoms with E-state index >= 15 is 0 Å². The average Bonchev–Trinajstić information content (AvgIpc) is 2.38. The molecule has 0 radical (unpaired) electrons. The second-order valence-corrected chi connectivity index (χ2v) is 4.76. The molecule has 0 aromatic heterocycles. The van der Waals surface area contributed by atoms with E-state index in [0.717, 1.165) is 32.8 Å². The highest BCUT2D eigenvalue weighted by Gasteiger charge is 2.21. The molecule has 16 heavy (non-hydrogen) atoms. The lowest BCUT2D eigenvalue weighted by Crippen LogP contribution is -2.50. The summed E-state index contributed by atoms with van der Waals surface area (Å²) < 4.78 is 5.53. The molecule has 0 aliphatic carbocycles. The van der Waals surface area contributed by atoms with Gasteiger partial charge in [0.05, 0.1) is 13.2 Å². The van der Waals surface area contributed by atoms with E-state index in [1.54, 1.807) is 0 Å². The Bertz CT molecular complexity index is 195. The normalized spacial score (nSPS) is 29.4. The van der Waals surface area contributed by atoms with Gasteiger partial charge >= 0.3 is 0 Å². The molecule has 94 valence electrons. The largest absolute Gasteiger partial charge is 0.378 e. The maximum Gasteiger partial charge on any atom is 0.0622 e. The maximum absolute atomic E-state index is 5.53. The third-order valence-electron chi connectivity index (χ3n) is 3.73. The molecule has 2 aliphatic rings. The Labute approximate surface area is 98.9 Å². The zero-order chi connectivity index (χ0) is 11.2. The van der Waals surface area contributed by atoms with E-state index in [2.05, 4.69) is 22.0 Å². The number of piperazine rings is 1. The zero-order valence-corrected chi connectivity index (χ0v) is 10.5. The predicted octanol–water partition coefficient (Wildman–Crippen LogP) is 0.00240. The fourth-order valence-electron chi connectivity index (χ4n) is 2.56. The molecule has 0 saturated carbocycles. The molecule has 2 fully saturated rings. The minimum Gasteiger partial charge on any atom is -0.378 e. The summed E-state index contributed by atoms with van der Waals surface area (Å²) >= 11 is 0. The molecule has 2 aliphatic heterocycles. The number of rotatable bonds is 4. The Balaban J connectivity index is 1.70. The fraction of sp³-hybridized carbons (Fsp3) is 1.00. The first-order valence-corrected chi connectivity index (χ1v) is 6.65. The standard InChI is InChI=1S/C12H25N3O/c1-2-12-11-16-10-9-15(12)8-7-14-5-3-13-4-6-14/h12-13H,2-11H2,1H3. The smallest absolute Gasteiger partial charge is 0.0622 e. The molecule has 0 amide bonds. The van der Waals surface area contributed by atoms with Crippen molar-refractivity contribution in [2.24, 2.45) is 0 Å². The highest BCUT2D eigenvalue weighted by Crippen LogP contribution is 2.09. The second kappa shape index (κ2) is 6.55. The van der Waals surface area contributed by atoms with Gasteiger partial charge in [-0.3, -0.25) is 9.80 Å². The summed E-state index contributed by atoms with van der Waals surface area (Å²) in [6.45, 7) is 12.4. The van der Waals surface area contributed by atoms with Gasteiger partial charge in [0.15, 0.2) is 0 Å². The van der Waals surface area contributed by atoms with Gasteiger partial charge in [-0.15, -0.1) is 0 Å². The Morgan fingerprint density at radius 2 is 2.00 bits per heavy atom. The van der Waals surface area contributed by atoms with Crippen molar-refractivity contribution in [1.29, 1.82) is 0 Å². The number of morpholine rings is 1. The molecule has 2 saturated heterocycles. The van der Waals surface area contributed by atoms with Crippen LogP contribution < -0.4 is 5.32 Å². The highest BCUT2D eigenvalue weighted by molar-refractivity contribution is 4.76. The summed E-state index contributed by atoms with van der Waals surface area (Å²) in [5, 5.41) is 3.40. The lowest BCUT2D eigenvalue weighted by Gasteiger charge is -2.37. The van der Waals surface area contributed by atoms with Crippen LogP contribution in [0, 0.1) is 0 Å². The van der Waals surface area contributed by atoms with Gasteiger partial charge in [0.2, 0.25) is 0 Å². The number of nitrogens with zero attached hydrogens (tertiary/aromatic N) is 2. The zero-order valence-electron chi connectivity index (χ0n) is 10.5. The molecule has 2 rings (SSSR count). The van der Waals surface area contributed by atoms with Gasteiger partial charge in [-0.1, -0.05) is 6.92 Å². The Kier molecular flexibility index (Phi) is 5.03. The van der Waals surface area contributed by atoms with E-state index in [1.165, 1.54) is 32.6 Å². The third-order valence-corrected chi connectivity index (χ3v) is 3.73. The highest BCUT2D eigenvalue weighted by atomic mass is 16.5. The van der Waals surface area contributed by atoms with Crippen molar-refractivity contribution >= 4 is 0 Å². The first-order chi connectivity index (χ1) is 7.90. The summed E-state index contributed by atoms with van der Waals surface area (Å²) in [7, 11) is 0. The SMILES string of the molecule is CCC1COCCN1CCN1CCNCC1. The molecule has 0 aromatic carbocycles. The van der Waals surface area contributed by atoms with Gasteiger partial charge < -0.3 is 10.1 Å². The predicted molar refractivity (Wildman–Crippen MR) is 65.8 cm³/mol. The van der Waals surface area contributed by atoms with Crippen LogP contribution in [0.5, 0.6) is 0 Å². The van der Waals surface area contributed by atoms with E-state index in [-0.39, 0.29) is 0 Å². The van der Waals surface area contributed by atoms with E-state index in [1.807, 2.05) is 0 Å². The molecular weight excluding hydrogens is 202 g/mol. The topological polar surface area (TPSA) is 27.7 Å². The molecule has 0 aromatic rings. The number of nitrogens with one attached hydrogen (secondary N) is 1. The third kappa shape index (κ3) is 3.42. The maximum atomic E-state index is 5.53. The quantitative estimate of drug-likeness (QED) is 0.732. The fourth-order valence-corrected chi connectivity index (χ4v) is 2.56. The first-order valence-electron chi connectivity index (χ1n) is 6.65. The first kappa shape index (κ1) is 12.3. The van der Waals surface area contributed by atoms with Crippen LogP contribution in [-0.4, -0.2) is 74.9 Å². The van der Waals surface area contributed by atoms with E-state index in [0.29, 0.717) is 6.04 Å². The molecule has 1 N–H and O–H groups in total. The van der Waals surface area contributed by atoms with Crippen LogP contribution in [-0.2, 0) is 4.74 Å². The molecular formula is C12H25N3O. The van der Waals surface area contributed by atoms with Crippen LogP contribution >= 0.6 is 0 Å². The summed E-state index contributed by atoms with van der Waals surface area (Å²) in [6.07, 6.45) is 1.21. The van der Waals surface area contributed by atoms with Crippen LogP contribution in [0.2, 0.25) is 0 Å². The summed E-state index contributed by atoms with van der Waals surface area (Å²) in [5.41, 5.74) is 0. The molecule has 1 atom stereocenters. The van der Waals surface area contributed by atoms with E-state index < -0.39 is 0 Å². The number of hydrogen-bond acceptors (Lipinski definition) is 4. The summed E-state index contributed by atoms with van der Waals surface area (Å²) in [5.74, 6) is 0. The molecule has 2 heterocycles. The van der Waals surface area contributed by atoms with Crippen LogP contribution in [0.3, 0.4) is 0 Å². The van der Waals surface area contributed by atoms with Gasteiger partial charge in [0, 0.05) is 51.9 Å². The van der Waals surface area contributed by atoms with E-state index in [4.69, 9.17) is 4.74 Å². The molecule has 4 heteroatoms. The van der Waals surface area contributed by atoms with Crippen molar-refractivity contribution in [3.05, 3.63) is 0 Å². The van der Waals surface area contributed by atoms with Crippen LogP contribution in [0.15, 0.2) is 0 Å². The monoisotopic (exact) mass is 227 g/mol. The minimum atomic E-state index is 0.650. The van der Waals surface area contributed by atoms with Gasteiger partial charge in [-0.25, -0.2) is 0 Å². The molecule has 0 spiro atoms.